The number of benzene rings is 1. The molecule has 0 aliphatic carbocycles. The number of hydrogen-bond acceptors (Lipinski definition) is 33. The summed E-state index contributed by atoms with van der Waals surface area (Å²) in [5, 5.41) is 55.1. The largest absolute Gasteiger partial charge is 0.348 e. The van der Waals surface area contributed by atoms with Crippen molar-refractivity contribution >= 4 is 23.6 Å². The molecule has 0 aromatic heterocycles. The predicted octanol–water partition coefficient (Wildman–Crippen LogP) is -4.77. The van der Waals surface area contributed by atoms with Crippen molar-refractivity contribution in [1.29, 1.82) is 0 Å². The Kier molecular flexibility index (Phi) is 66.9. The molecule has 4 unspecified atom stereocenters. The van der Waals surface area contributed by atoms with E-state index in [-0.39, 0.29) is 23.6 Å². The highest BCUT2D eigenvalue weighted by Gasteiger charge is 2.51. The SMILES string of the molecule is C1CCNCCNCCNCCNCCNCC1.C1CN2CCN3CCCN(CCN(C1)C2)C3.C1CN2CCN3CCN4CCN1C2C43.C1CNCCCNCCNCCCNC1.C1CNCCNCCCNCCNC1.CN(C)C(=O)CN1CCCN(CC(=O)N(C)C)CCN(CC(=O)N(C)C)CCCN(CC(=O)N(C)C)CC1.c1ccc(CN2CCNCCNCCNCC2)cc1. The number of amides is 4. The lowest BCUT2D eigenvalue weighted by atomic mass is 10.2. The summed E-state index contributed by atoms with van der Waals surface area (Å²) in [6.45, 7) is 68.3. The average molecular weight is 1890 g/mol. The number of fused-ring (bicyclic) bond motifs is 4. The van der Waals surface area contributed by atoms with Gasteiger partial charge in [-0.1, -0.05) is 36.8 Å². The van der Waals surface area contributed by atoms with E-state index in [9.17, 15) is 19.2 Å². The fourth-order valence-electron chi connectivity index (χ4n) is 18.5. The summed E-state index contributed by atoms with van der Waals surface area (Å²) < 4.78 is 0. The monoisotopic (exact) mass is 1890 g/mol. The molecule has 0 saturated carbocycles. The number of piperazine rings is 2. The molecule has 0 radical (unpaired) electrons. The molecule has 13 rings (SSSR count). The van der Waals surface area contributed by atoms with Crippen LogP contribution in [0.3, 0.4) is 0 Å². The molecule has 4 amide bonds. The van der Waals surface area contributed by atoms with Gasteiger partial charge in [0.15, 0.2) is 0 Å². The van der Waals surface area contributed by atoms with Crippen molar-refractivity contribution in [3.8, 4) is 0 Å². The number of carbonyl (C=O) groups excluding carboxylic acids is 4. The molecule has 37 heteroatoms. The number of rotatable bonds is 10. The van der Waals surface area contributed by atoms with Gasteiger partial charge in [-0.05, 0) is 181 Å². The fraction of sp³-hybridized carbons (Fsp3) is 0.897. The van der Waals surface area contributed by atoms with Gasteiger partial charge >= 0.3 is 0 Å². The van der Waals surface area contributed by atoms with Crippen molar-refractivity contribution < 1.29 is 19.2 Å². The second-order valence-electron chi connectivity index (χ2n) is 39.0. The van der Waals surface area contributed by atoms with Gasteiger partial charge in [-0.15, -0.1) is 0 Å². The second kappa shape index (κ2) is 76.6. The van der Waals surface area contributed by atoms with E-state index in [4.69, 9.17) is 0 Å². The van der Waals surface area contributed by atoms with Crippen LogP contribution in [0.25, 0.3) is 0 Å². The number of hydrogen-bond donors (Lipinski definition) is 16. The molecule has 12 fully saturated rings. The van der Waals surface area contributed by atoms with Gasteiger partial charge in [0.1, 0.15) is 0 Å². The summed E-state index contributed by atoms with van der Waals surface area (Å²) in [5.41, 5.74) is 1.40. The lowest BCUT2D eigenvalue weighted by Crippen LogP contribution is -2.66. The predicted molar refractivity (Wildman–Crippen MR) is 553 cm³/mol. The quantitative estimate of drug-likeness (QED) is 0.105. The van der Waals surface area contributed by atoms with Gasteiger partial charge in [0.05, 0.1) is 51.8 Å². The third-order valence-electron chi connectivity index (χ3n) is 26.9. The van der Waals surface area contributed by atoms with Gasteiger partial charge in [-0.25, -0.2) is 0 Å². The molecule has 16 N–H and O–H groups in total. The number of likely N-dealkylation sites (N-methyl/N-ethyl adjacent to an activating group) is 4. The van der Waals surface area contributed by atoms with Crippen molar-refractivity contribution in [3.63, 3.8) is 0 Å². The van der Waals surface area contributed by atoms with Gasteiger partial charge in [-0.3, -0.25) is 82.9 Å². The Morgan fingerprint density at radius 3 is 0.664 bits per heavy atom. The number of nitrogens with zero attached hydrogens (tertiary/aromatic N) is 17. The van der Waals surface area contributed by atoms with Crippen LogP contribution in [0.2, 0.25) is 0 Å². The van der Waals surface area contributed by atoms with E-state index in [1.54, 1.807) is 76.0 Å². The lowest BCUT2D eigenvalue weighted by molar-refractivity contribution is -0.132. The first-order chi connectivity index (χ1) is 65.6. The number of carbonyl (C=O) groups is 4. The van der Waals surface area contributed by atoms with Crippen LogP contribution in [0.1, 0.15) is 82.6 Å². The van der Waals surface area contributed by atoms with Crippen LogP contribution in [-0.2, 0) is 25.7 Å². The first kappa shape index (κ1) is 117. The van der Waals surface area contributed by atoms with Crippen LogP contribution in [0.4, 0.5) is 0 Å². The lowest BCUT2D eigenvalue weighted by Gasteiger charge is -2.49. The Hall–Kier alpha value is -4.06. The zero-order valence-corrected chi connectivity index (χ0v) is 86.2. The molecule has 12 heterocycles. The third kappa shape index (κ3) is 55.4. The van der Waals surface area contributed by atoms with Crippen molar-refractivity contribution in [1.82, 2.24) is 168 Å². The summed E-state index contributed by atoms with van der Waals surface area (Å²) in [7, 11) is 14.1. The molecule has 0 spiro atoms. The number of nitrogens with one attached hydrogen (secondary N) is 16. The highest BCUT2D eigenvalue weighted by atomic mass is 16.2. The second-order valence-corrected chi connectivity index (χ2v) is 39.0. The summed E-state index contributed by atoms with van der Waals surface area (Å²) in [5.74, 6) is 0.177. The molecule has 1 aromatic rings. The Bertz CT molecular complexity index is 2590. The van der Waals surface area contributed by atoms with E-state index in [1.165, 1.54) is 188 Å². The van der Waals surface area contributed by atoms with E-state index in [0.717, 1.165) is 254 Å². The highest BCUT2D eigenvalue weighted by Crippen LogP contribution is 2.33. The summed E-state index contributed by atoms with van der Waals surface area (Å²) in [4.78, 5) is 88.8. The van der Waals surface area contributed by atoms with Gasteiger partial charge in [0, 0.05) is 338 Å². The van der Waals surface area contributed by atoms with Crippen LogP contribution in [-0.4, -0.2) is 595 Å². The molecule has 778 valence electrons. The zero-order chi connectivity index (χ0) is 95.2. The molecule has 1 aromatic carbocycles. The van der Waals surface area contributed by atoms with Crippen LogP contribution in [0.15, 0.2) is 30.3 Å². The smallest absolute Gasteiger partial charge is 0.236 e. The van der Waals surface area contributed by atoms with Gasteiger partial charge < -0.3 is 105 Å². The molecule has 4 atom stereocenters. The molecule has 37 nitrogen and oxygen atoms in total. The van der Waals surface area contributed by atoms with E-state index >= 15 is 0 Å². The standard InChI is InChI=1S/C26H52N8O4.C15H26N4.C13H31N5.C12H24N4.C11H26N4.C10H18N4.C10H24N4/c1-27(2)23(35)19-31-11-9-12-33(21-25(37)29(5)6)17-18-34(22-26(38)30(7)8)14-10-13-32(16-15-31)20-24(36)28(3)4;1-2-4-15(5-3-1)14-19-12-10-17-8-6-16-7-9-18-11-13-19;1-2-4-14-6-8-16-10-12-18-13-11-17-9-7-15-5-3-1;1-3-13-7-9-15-5-2-6-16(12-15)10-8-14(4-1)11-13;1-4-12-6-2-8-14-10-11-15-9-3-7-13-5-1;1-2-12-7-8-14-4-3-13-6-5-11(1)9(12)10(13)14;1-3-11-7-9-13-5-2-6-14-10-8-12-4-1/h9-22H2,1-8H3;1-5,16-18H,6-14H2;14-18H,1-13H2;1-12H2;12-15H,1-11H2;9-10H,1-8H2;11-14H,1-10H2. The molecular weight excluding hydrogens is 1690 g/mol. The van der Waals surface area contributed by atoms with Gasteiger partial charge in [0.2, 0.25) is 23.6 Å². The van der Waals surface area contributed by atoms with E-state index in [1.807, 2.05) is 0 Å². The Morgan fingerprint density at radius 1 is 0.216 bits per heavy atom. The maximum Gasteiger partial charge on any atom is 0.236 e. The summed E-state index contributed by atoms with van der Waals surface area (Å²) in [6.07, 6.45) is 15.8. The van der Waals surface area contributed by atoms with E-state index < -0.39 is 0 Å². The minimum atomic E-state index is 0.0443. The summed E-state index contributed by atoms with van der Waals surface area (Å²) >= 11 is 0. The summed E-state index contributed by atoms with van der Waals surface area (Å²) in [6, 6.07) is 10.7. The maximum absolute atomic E-state index is 12.5. The van der Waals surface area contributed by atoms with E-state index in [0.29, 0.717) is 78.5 Å². The first-order valence-corrected chi connectivity index (χ1v) is 53.2. The Labute approximate surface area is 814 Å². The zero-order valence-electron chi connectivity index (χ0n) is 86.2. The first-order valence-electron chi connectivity index (χ1n) is 53.2. The van der Waals surface area contributed by atoms with Crippen molar-refractivity contribution in [2.24, 2.45) is 0 Å². The topological polar surface area (TPSA) is 316 Å². The molecule has 12 saturated heterocycles. The molecule has 12 aliphatic heterocycles. The van der Waals surface area contributed by atoms with Gasteiger partial charge in [-0.2, -0.15) is 0 Å². The minimum absolute atomic E-state index is 0.0443. The van der Waals surface area contributed by atoms with Gasteiger partial charge in [0.25, 0.3) is 0 Å². The molecule has 134 heavy (non-hydrogen) atoms. The maximum atomic E-state index is 12.5. The molecule has 12 aliphatic rings. The van der Waals surface area contributed by atoms with Crippen LogP contribution < -0.4 is 85.1 Å². The molecular formula is C97H201N33O4. The molecule has 4 bridgehead atoms. The van der Waals surface area contributed by atoms with Crippen LogP contribution in [0, 0.1) is 0 Å². The van der Waals surface area contributed by atoms with Crippen molar-refractivity contribution in [2.75, 3.05) is 475 Å². The third-order valence-corrected chi connectivity index (χ3v) is 26.9. The Balaban J connectivity index is 0.000000221. The normalized spacial score (nSPS) is 26.4. The van der Waals surface area contributed by atoms with Crippen molar-refractivity contribution in [2.45, 2.75) is 95.9 Å². The van der Waals surface area contributed by atoms with Crippen LogP contribution >= 0.6 is 0 Å². The minimum Gasteiger partial charge on any atom is -0.348 e. The Morgan fingerprint density at radius 2 is 0.425 bits per heavy atom. The fourth-order valence-corrected chi connectivity index (χ4v) is 18.5. The van der Waals surface area contributed by atoms with E-state index in [2.05, 4.69) is 179 Å². The van der Waals surface area contributed by atoms with Crippen LogP contribution in [0.5, 0.6) is 0 Å². The van der Waals surface area contributed by atoms with Crippen molar-refractivity contribution in [3.05, 3.63) is 35.9 Å². The average Bonchev–Trinajstić information content (AvgIpc) is 1.62. The highest BCUT2D eigenvalue weighted by molar-refractivity contribution is 5.79.